The lowest BCUT2D eigenvalue weighted by molar-refractivity contribution is -0.118. The van der Waals surface area contributed by atoms with Crippen LogP contribution in [0.25, 0.3) is 0 Å². The molecule has 0 aliphatic carbocycles. The van der Waals surface area contributed by atoms with Crippen molar-refractivity contribution in [2.75, 3.05) is 5.75 Å². The van der Waals surface area contributed by atoms with Crippen molar-refractivity contribution in [2.45, 2.75) is 25.9 Å². The number of benzene rings is 1. The quantitative estimate of drug-likeness (QED) is 0.389. The van der Waals surface area contributed by atoms with E-state index in [1.807, 2.05) is 38.1 Å². The number of nitrogens with zero attached hydrogens (tertiary/aromatic N) is 3. The van der Waals surface area contributed by atoms with Gasteiger partial charge in [-0.25, -0.2) is 15.4 Å². The first-order valence-electron chi connectivity index (χ1n) is 6.99. The van der Waals surface area contributed by atoms with Crippen LogP contribution in [0.15, 0.2) is 40.6 Å². The molecule has 1 aromatic carbocycles. The second-order valence-electron chi connectivity index (χ2n) is 4.93. The molecular formula is C16H17ClN4OS. The van der Waals surface area contributed by atoms with Gasteiger partial charge < -0.3 is 0 Å². The molecule has 2 aromatic rings. The van der Waals surface area contributed by atoms with Crippen LogP contribution in [0.3, 0.4) is 0 Å². The molecule has 23 heavy (non-hydrogen) atoms. The van der Waals surface area contributed by atoms with Crippen molar-refractivity contribution in [3.05, 3.63) is 52.3 Å². The van der Waals surface area contributed by atoms with Crippen LogP contribution < -0.4 is 5.43 Å². The third-order valence-corrected chi connectivity index (χ3v) is 4.08. The number of hydrogen-bond donors (Lipinski definition) is 1. The Morgan fingerprint density at radius 2 is 1.91 bits per heavy atom. The Morgan fingerprint density at radius 3 is 2.57 bits per heavy atom. The summed E-state index contributed by atoms with van der Waals surface area (Å²) in [7, 11) is 0. The molecule has 0 spiro atoms. The van der Waals surface area contributed by atoms with Gasteiger partial charge in [0.1, 0.15) is 0 Å². The first-order valence-corrected chi connectivity index (χ1v) is 8.35. The summed E-state index contributed by atoms with van der Waals surface area (Å²) in [5, 5.41) is 5.27. The van der Waals surface area contributed by atoms with E-state index in [0.29, 0.717) is 15.9 Å². The van der Waals surface area contributed by atoms with Gasteiger partial charge in [0.25, 0.3) is 5.91 Å². The normalized spacial score (nSPS) is 11.4. The lowest BCUT2D eigenvalue weighted by atomic mass is 10.1. The third kappa shape index (κ3) is 5.33. The van der Waals surface area contributed by atoms with E-state index >= 15 is 0 Å². The highest BCUT2D eigenvalue weighted by atomic mass is 35.5. The number of halogens is 1. The Morgan fingerprint density at radius 1 is 1.26 bits per heavy atom. The summed E-state index contributed by atoms with van der Waals surface area (Å²) >= 11 is 7.37. The Balaban J connectivity index is 1.92. The number of hydrazone groups is 1. The Kier molecular flexibility index (Phi) is 6.12. The summed E-state index contributed by atoms with van der Waals surface area (Å²) < 4.78 is 0. The number of carbonyl (C=O) groups is 1. The molecule has 0 saturated heterocycles. The summed E-state index contributed by atoms with van der Waals surface area (Å²) in [6, 6.07) is 9.24. The fourth-order valence-electron chi connectivity index (χ4n) is 1.88. The van der Waals surface area contributed by atoms with Crippen molar-refractivity contribution in [1.29, 1.82) is 0 Å². The summed E-state index contributed by atoms with van der Waals surface area (Å²) in [5.41, 5.74) is 5.73. The van der Waals surface area contributed by atoms with E-state index < -0.39 is 0 Å². The molecule has 1 heterocycles. The van der Waals surface area contributed by atoms with Gasteiger partial charge in [-0.15, -0.1) is 0 Å². The molecular weight excluding hydrogens is 332 g/mol. The number of amides is 1. The van der Waals surface area contributed by atoms with E-state index in [2.05, 4.69) is 20.5 Å². The lowest BCUT2D eigenvalue weighted by Crippen LogP contribution is -2.21. The zero-order valence-electron chi connectivity index (χ0n) is 13.1. The maximum atomic E-state index is 11.9. The van der Waals surface area contributed by atoms with Gasteiger partial charge >= 0.3 is 0 Å². The molecule has 0 fully saturated rings. The highest BCUT2D eigenvalue weighted by Gasteiger charge is 2.07. The van der Waals surface area contributed by atoms with Gasteiger partial charge in [0.2, 0.25) is 0 Å². The van der Waals surface area contributed by atoms with Crippen LogP contribution in [-0.4, -0.2) is 27.3 Å². The molecule has 1 N–H and O–H groups in total. The number of aryl methyl sites for hydroxylation is 2. The third-order valence-electron chi connectivity index (χ3n) is 2.91. The molecule has 0 aliphatic rings. The molecule has 2 rings (SSSR count). The van der Waals surface area contributed by atoms with Crippen molar-refractivity contribution in [3.63, 3.8) is 0 Å². The molecule has 0 atom stereocenters. The van der Waals surface area contributed by atoms with Gasteiger partial charge in [-0.2, -0.15) is 5.10 Å². The zero-order chi connectivity index (χ0) is 16.8. The minimum Gasteiger partial charge on any atom is -0.272 e. The highest BCUT2D eigenvalue weighted by molar-refractivity contribution is 7.99. The van der Waals surface area contributed by atoms with E-state index in [0.717, 1.165) is 17.0 Å². The molecule has 7 heteroatoms. The second kappa shape index (κ2) is 8.08. The molecule has 5 nitrogen and oxygen atoms in total. The van der Waals surface area contributed by atoms with E-state index in [-0.39, 0.29) is 11.7 Å². The van der Waals surface area contributed by atoms with Crippen LogP contribution in [0.1, 0.15) is 23.9 Å². The molecule has 0 saturated carbocycles. The second-order valence-corrected chi connectivity index (χ2v) is 6.28. The van der Waals surface area contributed by atoms with E-state index in [1.54, 1.807) is 13.0 Å². The Labute approximate surface area is 144 Å². The van der Waals surface area contributed by atoms with Gasteiger partial charge in [-0.3, -0.25) is 4.79 Å². The van der Waals surface area contributed by atoms with Crippen molar-refractivity contribution in [3.8, 4) is 0 Å². The maximum absolute atomic E-state index is 11.9. The van der Waals surface area contributed by atoms with E-state index in [9.17, 15) is 4.79 Å². The molecule has 0 radical (unpaired) electrons. The zero-order valence-corrected chi connectivity index (χ0v) is 14.7. The van der Waals surface area contributed by atoms with Crippen LogP contribution >= 0.6 is 23.4 Å². The minimum absolute atomic E-state index is 0.197. The van der Waals surface area contributed by atoms with Crippen LogP contribution in [0.2, 0.25) is 5.02 Å². The summed E-state index contributed by atoms with van der Waals surface area (Å²) in [6.07, 6.45) is 0. The van der Waals surface area contributed by atoms with Gasteiger partial charge in [-0.1, -0.05) is 41.6 Å². The van der Waals surface area contributed by atoms with Crippen molar-refractivity contribution < 1.29 is 4.79 Å². The molecule has 1 amide bonds. The number of hydrogen-bond acceptors (Lipinski definition) is 5. The predicted molar refractivity (Wildman–Crippen MR) is 94.0 cm³/mol. The lowest BCUT2D eigenvalue weighted by Gasteiger charge is -2.05. The predicted octanol–water partition coefficient (Wildman–Crippen LogP) is 3.38. The van der Waals surface area contributed by atoms with Crippen LogP contribution in [0.5, 0.6) is 0 Å². The van der Waals surface area contributed by atoms with Crippen molar-refractivity contribution >= 4 is 35.0 Å². The van der Waals surface area contributed by atoms with Crippen molar-refractivity contribution in [1.82, 2.24) is 15.4 Å². The summed E-state index contributed by atoms with van der Waals surface area (Å²) in [6.45, 7) is 5.59. The largest absolute Gasteiger partial charge is 0.272 e. The number of nitrogens with one attached hydrogen (secondary N) is 1. The standard InChI is InChI=1S/C16H17ClN4OS/c1-10-8-11(2)19-16(18-10)23-9-15(22)21-20-12(3)13-6-4-5-7-14(13)17/h4-8H,9H2,1-3H3,(H,21,22)/b20-12-. The molecule has 0 bridgehead atoms. The SMILES string of the molecule is C/C(=N/NC(=O)CSc1nc(C)cc(C)n1)c1ccccc1Cl. The first kappa shape index (κ1) is 17.4. The average molecular weight is 349 g/mol. The van der Waals surface area contributed by atoms with E-state index in [4.69, 9.17) is 11.6 Å². The number of thioether (sulfide) groups is 1. The highest BCUT2D eigenvalue weighted by Crippen LogP contribution is 2.16. The van der Waals surface area contributed by atoms with Gasteiger partial charge in [0.05, 0.1) is 11.5 Å². The van der Waals surface area contributed by atoms with Gasteiger partial charge in [0.15, 0.2) is 5.16 Å². The summed E-state index contributed by atoms with van der Waals surface area (Å²) in [5.74, 6) is -0.0217. The molecule has 1 aromatic heterocycles. The van der Waals surface area contributed by atoms with E-state index in [1.165, 1.54) is 11.8 Å². The Bertz CT molecular complexity index is 728. The fraction of sp³-hybridized carbons (Fsp3) is 0.250. The van der Waals surface area contributed by atoms with Crippen LogP contribution in [0, 0.1) is 13.8 Å². The van der Waals surface area contributed by atoms with Gasteiger partial charge in [-0.05, 0) is 32.9 Å². The minimum atomic E-state index is -0.218. The number of carbonyl (C=O) groups excluding carboxylic acids is 1. The monoisotopic (exact) mass is 348 g/mol. The van der Waals surface area contributed by atoms with Crippen LogP contribution in [-0.2, 0) is 4.79 Å². The molecule has 0 unspecified atom stereocenters. The van der Waals surface area contributed by atoms with Gasteiger partial charge in [0, 0.05) is 22.0 Å². The topological polar surface area (TPSA) is 67.2 Å². The van der Waals surface area contributed by atoms with Crippen LogP contribution in [0.4, 0.5) is 0 Å². The average Bonchev–Trinajstić information content (AvgIpc) is 2.50. The molecule has 120 valence electrons. The summed E-state index contributed by atoms with van der Waals surface area (Å²) in [4.78, 5) is 20.4. The first-order chi connectivity index (χ1) is 11.0. The number of rotatable bonds is 5. The molecule has 0 aliphatic heterocycles. The van der Waals surface area contributed by atoms with Crippen molar-refractivity contribution in [2.24, 2.45) is 5.10 Å². The Hall–Kier alpha value is -1.92. The maximum Gasteiger partial charge on any atom is 0.250 e. The number of aromatic nitrogens is 2. The smallest absolute Gasteiger partial charge is 0.250 e. The fourth-order valence-corrected chi connectivity index (χ4v) is 2.90.